The summed E-state index contributed by atoms with van der Waals surface area (Å²) in [6.45, 7) is 4.42. The maximum atomic E-state index is 14.0. The first kappa shape index (κ1) is 12.1. The van der Waals surface area contributed by atoms with E-state index in [9.17, 15) is 9.18 Å². The van der Waals surface area contributed by atoms with E-state index in [4.69, 9.17) is 0 Å². The van der Waals surface area contributed by atoms with Gasteiger partial charge in [-0.2, -0.15) is 0 Å². The molecule has 1 aromatic rings. The summed E-state index contributed by atoms with van der Waals surface area (Å²) in [5.74, 6) is -0.358. The lowest BCUT2D eigenvalue weighted by Crippen LogP contribution is -2.38. The third kappa shape index (κ3) is 2.33. The van der Waals surface area contributed by atoms with Crippen molar-refractivity contribution in [2.45, 2.75) is 39.2 Å². The monoisotopic (exact) mass is 235 g/mol. The Kier molecular flexibility index (Phi) is 3.46. The third-order valence-electron chi connectivity index (χ3n) is 3.46. The van der Waals surface area contributed by atoms with E-state index in [1.165, 1.54) is 19.4 Å². The molecule has 2 nitrogen and oxygen atoms in total. The zero-order chi connectivity index (χ0) is 12.4. The summed E-state index contributed by atoms with van der Waals surface area (Å²) < 4.78 is 14.0. The summed E-state index contributed by atoms with van der Waals surface area (Å²) in [5.41, 5.74) is 0.992. The third-order valence-corrected chi connectivity index (χ3v) is 3.46. The van der Waals surface area contributed by atoms with E-state index in [-0.39, 0.29) is 11.6 Å². The molecule has 2 rings (SSSR count). The predicted molar refractivity (Wildman–Crippen MR) is 67.1 cm³/mol. The number of anilines is 1. The van der Waals surface area contributed by atoms with Crippen LogP contribution >= 0.6 is 0 Å². The molecule has 1 heterocycles. The molecule has 3 heteroatoms. The van der Waals surface area contributed by atoms with Gasteiger partial charge in [0.25, 0.3) is 0 Å². The number of carbonyl (C=O) groups is 1. The van der Waals surface area contributed by atoms with Gasteiger partial charge in [0.2, 0.25) is 0 Å². The molecule has 0 amide bonds. The Hall–Kier alpha value is -1.38. The number of hydrogen-bond acceptors (Lipinski definition) is 2. The Morgan fingerprint density at radius 2 is 2.18 bits per heavy atom. The summed E-state index contributed by atoms with van der Waals surface area (Å²) in [7, 11) is 0. The van der Waals surface area contributed by atoms with E-state index in [0.717, 1.165) is 19.4 Å². The minimum Gasteiger partial charge on any atom is -0.366 e. The maximum absolute atomic E-state index is 14.0. The van der Waals surface area contributed by atoms with Crippen molar-refractivity contribution in [2.24, 2.45) is 0 Å². The fraction of sp³-hybridized carbons (Fsp3) is 0.500. The lowest BCUT2D eigenvalue weighted by Gasteiger charge is -2.36. The first-order chi connectivity index (χ1) is 8.11. The largest absolute Gasteiger partial charge is 0.366 e. The van der Waals surface area contributed by atoms with Crippen LogP contribution in [0, 0.1) is 5.82 Å². The number of rotatable bonds is 2. The molecule has 0 aromatic heterocycles. The fourth-order valence-electron chi connectivity index (χ4n) is 2.52. The summed E-state index contributed by atoms with van der Waals surface area (Å²) in [6.07, 6.45) is 3.31. The molecule has 0 bridgehead atoms. The molecule has 0 aliphatic carbocycles. The SMILES string of the molecule is CC(=O)c1cccc(F)c1N1CCCCC1C. The summed E-state index contributed by atoms with van der Waals surface area (Å²) >= 11 is 0. The van der Waals surface area contributed by atoms with Crippen LogP contribution in [0.4, 0.5) is 10.1 Å². The highest BCUT2D eigenvalue weighted by molar-refractivity contribution is 5.99. The Labute approximate surface area is 101 Å². The van der Waals surface area contributed by atoms with Gasteiger partial charge in [0.15, 0.2) is 5.78 Å². The van der Waals surface area contributed by atoms with Gasteiger partial charge in [-0.05, 0) is 45.2 Å². The molecule has 0 spiro atoms. The smallest absolute Gasteiger partial charge is 0.161 e. The van der Waals surface area contributed by atoms with Crippen LogP contribution in [0.1, 0.15) is 43.5 Å². The highest BCUT2D eigenvalue weighted by atomic mass is 19.1. The van der Waals surface area contributed by atoms with Crippen molar-refractivity contribution in [3.05, 3.63) is 29.6 Å². The Morgan fingerprint density at radius 3 is 2.82 bits per heavy atom. The molecule has 1 aliphatic rings. The number of ketones is 1. The van der Waals surface area contributed by atoms with Gasteiger partial charge in [-0.15, -0.1) is 0 Å². The second kappa shape index (κ2) is 4.86. The normalized spacial score (nSPS) is 20.4. The molecular weight excluding hydrogens is 217 g/mol. The number of para-hydroxylation sites is 1. The summed E-state index contributed by atoms with van der Waals surface area (Å²) in [4.78, 5) is 13.6. The van der Waals surface area contributed by atoms with Crippen LogP contribution in [0.15, 0.2) is 18.2 Å². The molecular formula is C14H18FNO. The fourth-order valence-corrected chi connectivity index (χ4v) is 2.52. The summed E-state index contributed by atoms with van der Waals surface area (Å²) in [5, 5.41) is 0. The van der Waals surface area contributed by atoms with Crippen LogP contribution < -0.4 is 4.90 Å². The van der Waals surface area contributed by atoms with E-state index in [1.807, 2.05) is 4.90 Å². The van der Waals surface area contributed by atoms with Crippen LogP contribution in [-0.2, 0) is 0 Å². The average Bonchev–Trinajstić information content (AvgIpc) is 2.30. The van der Waals surface area contributed by atoms with Gasteiger partial charge in [0.1, 0.15) is 5.82 Å². The van der Waals surface area contributed by atoms with E-state index in [2.05, 4.69) is 6.92 Å². The van der Waals surface area contributed by atoms with E-state index in [0.29, 0.717) is 17.3 Å². The van der Waals surface area contributed by atoms with Gasteiger partial charge in [0, 0.05) is 18.2 Å². The zero-order valence-electron chi connectivity index (χ0n) is 10.4. The van der Waals surface area contributed by atoms with Crippen molar-refractivity contribution in [3.63, 3.8) is 0 Å². The quantitative estimate of drug-likeness (QED) is 0.732. The van der Waals surface area contributed by atoms with Crippen LogP contribution in [0.2, 0.25) is 0 Å². The van der Waals surface area contributed by atoms with Crippen molar-refractivity contribution in [1.29, 1.82) is 0 Å². The van der Waals surface area contributed by atoms with Crippen LogP contribution in [-0.4, -0.2) is 18.4 Å². The first-order valence-corrected chi connectivity index (χ1v) is 6.17. The number of benzene rings is 1. The molecule has 1 unspecified atom stereocenters. The van der Waals surface area contributed by atoms with Crippen LogP contribution in [0.3, 0.4) is 0 Å². The molecule has 1 atom stereocenters. The zero-order valence-corrected chi connectivity index (χ0v) is 10.4. The standard InChI is InChI=1S/C14H18FNO/c1-10-6-3-4-9-16(10)14-12(11(2)17)7-5-8-13(14)15/h5,7-8,10H,3-4,6,9H2,1-2H3. The van der Waals surface area contributed by atoms with Gasteiger partial charge in [0.05, 0.1) is 5.69 Å². The topological polar surface area (TPSA) is 20.3 Å². The minimum atomic E-state index is -0.286. The van der Waals surface area contributed by atoms with Crippen molar-refractivity contribution < 1.29 is 9.18 Å². The molecule has 1 saturated heterocycles. The molecule has 0 radical (unpaired) electrons. The molecule has 0 N–H and O–H groups in total. The van der Waals surface area contributed by atoms with Crippen molar-refractivity contribution in [3.8, 4) is 0 Å². The van der Waals surface area contributed by atoms with Gasteiger partial charge in [-0.3, -0.25) is 4.79 Å². The predicted octanol–water partition coefficient (Wildman–Crippen LogP) is 3.41. The lowest BCUT2D eigenvalue weighted by molar-refractivity contribution is 0.101. The van der Waals surface area contributed by atoms with Crippen molar-refractivity contribution in [2.75, 3.05) is 11.4 Å². The second-order valence-electron chi connectivity index (χ2n) is 4.73. The average molecular weight is 235 g/mol. The van der Waals surface area contributed by atoms with Crippen molar-refractivity contribution >= 4 is 11.5 Å². The number of nitrogens with zero attached hydrogens (tertiary/aromatic N) is 1. The number of carbonyl (C=O) groups excluding carboxylic acids is 1. The molecule has 1 fully saturated rings. The Morgan fingerprint density at radius 1 is 1.41 bits per heavy atom. The second-order valence-corrected chi connectivity index (χ2v) is 4.73. The molecule has 92 valence electrons. The summed E-state index contributed by atoms with van der Waals surface area (Å²) in [6, 6.07) is 5.05. The number of piperidine rings is 1. The lowest BCUT2D eigenvalue weighted by atomic mass is 10.00. The highest BCUT2D eigenvalue weighted by Crippen LogP contribution is 2.30. The number of hydrogen-bond donors (Lipinski definition) is 0. The van der Waals surface area contributed by atoms with E-state index < -0.39 is 0 Å². The van der Waals surface area contributed by atoms with Crippen LogP contribution in [0.5, 0.6) is 0 Å². The number of halogens is 1. The Balaban J connectivity index is 2.45. The van der Waals surface area contributed by atoms with E-state index in [1.54, 1.807) is 12.1 Å². The van der Waals surface area contributed by atoms with Gasteiger partial charge < -0.3 is 4.90 Å². The van der Waals surface area contributed by atoms with E-state index >= 15 is 0 Å². The first-order valence-electron chi connectivity index (χ1n) is 6.17. The Bertz CT molecular complexity index is 430. The van der Waals surface area contributed by atoms with Gasteiger partial charge in [-0.25, -0.2) is 4.39 Å². The molecule has 17 heavy (non-hydrogen) atoms. The maximum Gasteiger partial charge on any atom is 0.161 e. The van der Waals surface area contributed by atoms with Crippen LogP contribution in [0.25, 0.3) is 0 Å². The van der Waals surface area contributed by atoms with Gasteiger partial charge >= 0.3 is 0 Å². The van der Waals surface area contributed by atoms with Gasteiger partial charge in [-0.1, -0.05) is 6.07 Å². The number of Topliss-reactive ketones (excluding diaryl/α,β-unsaturated/α-hetero) is 1. The molecule has 1 aromatic carbocycles. The molecule has 0 saturated carbocycles. The highest BCUT2D eigenvalue weighted by Gasteiger charge is 2.24. The molecule has 1 aliphatic heterocycles. The minimum absolute atomic E-state index is 0.0720. The van der Waals surface area contributed by atoms with Crippen molar-refractivity contribution in [1.82, 2.24) is 0 Å².